The fourth-order valence-corrected chi connectivity index (χ4v) is 1.44. The summed E-state index contributed by atoms with van der Waals surface area (Å²) in [5.74, 6) is 0.0723. The predicted molar refractivity (Wildman–Crippen MR) is 70.6 cm³/mol. The minimum atomic E-state index is -0.280. The second-order valence-corrected chi connectivity index (χ2v) is 3.85. The van der Waals surface area contributed by atoms with Crippen LogP contribution in [0.5, 0.6) is 11.5 Å². The Labute approximate surface area is 108 Å². The van der Waals surface area contributed by atoms with E-state index in [-0.39, 0.29) is 23.0 Å². The SMILES string of the molecule is Cc1cc(=O)[nH]c(N/N=C\c2ccc(O)cc2O)n1. The Balaban J connectivity index is 2.13. The van der Waals surface area contributed by atoms with E-state index in [0.717, 1.165) is 0 Å². The summed E-state index contributed by atoms with van der Waals surface area (Å²) in [5, 5.41) is 22.5. The number of hydrogen-bond acceptors (Lipinski definition) is 6. The summed E-state index contributed by atoms with van der Waals surface area (Å²) in [4.78, 5) is 17.7. The molecule has 2 rings (SSSR count). The molecule has 1 aromatic heterocycles. The van der Waals surface area contributed by atoms with Crippen LogP contribution in [0.25, 0.3) is 0 Å². The van der Waals surface area contributed by atoms with Crippen molar-refractivity contribution < 1.29 is 10.2 Å². The molecule has 0 fully saturated rings. The van der Waals surface area contributed by atoms with Gasteiger partial charge in [0.2, 0.25) is 5.95 Å². The zero-order valence-electron chi connectivity index (χ0n) is 10.1. The van der Waals surface area contributed by atoms with Crippen molar-refractivity contribution in [2.24, 2.45) is 5.10 Å². The number of nitrogens with zero attached hydrogens (tertiary/aromatic N) is 2. The molecule has 0 spiro atoms. The van der Waals surface area contributed by atoms with E-state index in [0.29, 0.717) is 11.3 Å². The third kappa shape index (κ3) is 3.32. The van der Waals surface area contributed by atoms with Gasteiger partial charge in [-0.3, -0.25) is 9.78 Å². The number of aryl methyl sites for hydroxylation is 1. The number of aromatic amines is 1. The van der Waals surface area contributed by atoms with Gasteiger partial charge in [0, 0.05) is 23.4 Å². The molecule has 0 aliphatic heterocycles. The lowest BCUT2D eigenvalue weighted by molar-refractivity contribution is 0.450. The first-order valence-corrected chi connectivity index (χ1v) is 5.43. The molecule has 4 N–H and O–H groups in total. The molecule has 0 radical (unpaired) electrons. The summed E-state index contributed by atoms with van der Waals surface area (Å²) in [5.41, 5.74) is 3.25. The monoisotopic (exact) mass is 260 g/mol. The minimum Gasteiger partial charge on any atom is -0.508 e. The number of anilines is 1. The lowest BCUT2D eigenvalue weighted by Crippen LogP contribution is -2.10. The number of H-pyrrole nitrogens is 1. The maximum absolute atomic E-state index is 11.2. The number of rotatable bonds is 3. The van der Waals surface area contributed by atoms with E-state index >= 15 is 0 Å². The van der Waals surface area contributed by atoms with Crippen molar-refractivity contribution in [3.8, 4) is 11.5 Å². The first-order valence-electron chi connectivity index (χ1n) is 5.43. The average Bonchev–Trinajstić information content (AvgIpc) is 2.30. The van der Waals surface area contributed by atoms with E-state index in [1.165, 1.54) is 30.5 Å². The number of phenols is 2. The molecule has 2 aromatic rings. The van der Waals surface area contributed by atoms with E-state index in [2.05, 4.69) is 20.5 Å². The molecular weight excluding hydrogens is 248 g/mol. The molecule has 0 amide bonds. The third-order valence-corrected chi connectivity index (χ3v) is 2.26. The molecule has 19 heavy (non-hydrogen) atoms. The zero-order chi connectivity index (χ0) is 13.8. The summed E-state index contributed by atoms with van der Waals surface area (Å²) in [7, 11) is 0. The average molecular weight is 260 g/mol. The molecule has 0 saturated carbocycles. The zero-order valence-corrected chi connectivity index (χ0v) is 10.1. The maximum atomic E-state index is 11.2. The number of nitrogens with one attached hydrogen (secondary N) is 2. The second kappa shape index (κ2) is 5.21. The topological polar surface area (TPSA) is 111 Å². The van der Waals surface area contributed by atoms with Gasteiger partial charge in [0.05, 0.1) is 6.21 Å². The van der Waals surface area contributed by atoms with E-state index in [1.54, 1.807) is 6.92 Å². The van der Waals surface area contributed by atoms with Crippen molar-refractivity contribution in [2.75, 3.05) is 5.43 Å². The standard InChI is InChI=1S/C12H12N4O3/c1-7-4-11(19)15-12(14-7)16-13-6-8-2-3-9(17)5-10(8)18/h2-6,17-18H,1H3,(H2,14,15,16,19)/b13-6-. The van der Waals surface area contributed by atoms with Crippen LogP contribution < -0.4 is 11.0 Å². The summed E-state index contributed by atoms with van der Waals surface area (Å²) in [6.07, 6.45) is 1.34. The van der Waals surface area contributed by atoms with Gasteiger partial charge in [-0.1, -0.05) is 0 Å². The summed E-state index contributed by atoms with van der Waals surface area (Å²) < 4.78 is 0. The van der Waals surface area contributed by atoms with Crippen molar-refractivity contribution in [1.29, 1.82) is 0 Å². The molecule has 1 aromatic carbocycles. The molecule has 98 valence electrons. The van der Waals surface area contributed by atoms with Gasteiger partial charge in [-0.15, -0.1) is 0 Å². The van der Waals surface area contributed by atoms with Gasteiger partial charge in [-0.05, 0) is 19.1 Å². The van der Waals surface area contributed by atoms with Gasteiger partial charge in [-0.2, -0.15) is 5.10 Å². The second-order valence-electron chi connectivity index (χ2n) is 3.85. The Kier molecular flexibility index (Phi) is 3.46. The lowest BCUT2D eigenvalue weighted by atomic mass is 10.2. The molecule has 0 bridgehead atoms. The highest BCUT2D eigenvalue weighted by Crippen LogP contribution is 2.20. The van der Waals surface area contributed by atoms with Gasteiger partial charge in [0.15, 0.2) is 0 Å². The normalized spacial score (nSPS) is 10.8. The third-order valence-electron chi connectivity index (χ3n) is 2.26. The fourth-order valence-electron chi connectivity index (χ4n) is 1.44. The highest BCUT2D eigenvalue weighted by molar-refractivity contribution is 5.84. The summed E-state index contributed by atoms with van der Waals surface area (Å²) in [6.45, 7) is 1.69. The summed E-state index contributed by atoms with van der Waals surface area (Å²) >= 11 is 0. The van der Waals surface area contributed by atoms with Gasteiger partial charge in [0.25, 0.3) is 5.56 Å². The Morgan fingerprint density at radius 3 is 2.84 bits per heavy atom. The smallest absolute Gasteiger partial charge is 0.252 e. The highest BCUT2D eigenvalue weighted by Gasteiger charge is 1.99. The first-order chi connectivity index (χ1) is 9.04. The molecule has 0 saturated heterocycles. The first kappa shape index (κ1) is 12.6. The summed E-state index contributed by atoms with van der Waals surface area (Å²) in [6, 6.07) is 5.49. The molecule has 7 heteroatoms. The minimum absolute atomic E-state index is 0.0349. The fraction of sp³-hybridized carbons (Fsp3) is 0.0833. The molecule has 0 aliphatic carbocycles. The molecule has 1 heterocycles. The van der Waals surface area contributed by atoms with Gasteiger partial charge in [-0.25, -0.2) is 10.4 Å². The van der Waals surface area contributed by atoms with Crippen LogP contribution in [0.15, 0.2) is 34.2 Å². The Morgan fingerprint density at radius 2 is 2.16 bits per heavy atom. The molecule has 0 unspecified atom stereocenters. The Hall–Kier alpha value is -2.83. The van der Waals surface area contributed by atoms with Gasteiger partial charge >= 0.3 is 0 Å². The number of hydrogen-bond donors (Lipinski definition) is 4. The van der Waals surface area contributed by atoms with Crippen LogP contribution in [-0.2, 0) is 0 Å². The van der Waals surface area contributed by atoms with Crippen LogP contribution in [0.3, 0.4) is 0 Å². The van der Waals surface area contributed by atoms with Crippen molar-refractivity contribution >= 4 is 12.2 Å². The number of aromatic nitrogens is 2. The predicted octanol–water partition coefficient (Wildman–Crippen LogP) is 0.936. The van der Waals surface area contributed by atoms with Crippen LogP contribution in [0, 0.1) is 6.92 Å². The quantitative estimate of drug-likeness (QED) is 0.485. The van der Waals surface area contributed by atoms with Gasteiger partial charge in [0.1, 0.15) is 11.5 Å². The van der Waals surface area contributed by atoms with Gasteiger partial charge < -0.3 is 10.2 Å². The molecular formula is C12H12N4O3. The van der Waals surface area contributed by atoms with E-state index in [1.807, 2.05) is 0 Å². The maximum Gasteiger partial charge on any atom is 0.252 e. The van der Waals surface area contributed by atoms with Crippen LogP contribution in [-0.4, -0.2) is 26.4 Å². The van der Waals surface area contributed by atoms with Crippen molar-refractivity contribution in [3.63, 3.8) is 0 Å². The van der Waals surface area contributed by atoms with Crippen molar-refractivity contribution in [2.45, 2.75) is 6.92 Å². The Morgan fingerprint density at radius 1 is 1.37 bits per heavy atom. The molecule has 7 nitrogen and oxygen atoms in total. The largest absolute Gasteiger partial charge is 0.508 e. The van der Waals surface area contributed by atoms with E-state index in [4.69, 9.17) is 5.11 Å². The van der Waals surface area contributed by atoms with Crippen LogP contribution in [0.4, 0.5) is 5.95 Å². The highest BCUT2D eigenvalue weighted by atomic mass is 16.3. The van der Waals surface area contributed by atoms with Crippen LogP contribution in [0.2, 0.25) is 0 Å². The van der Waals surface area contributed by atoms with Crippen molar-refractivity contribution in [3.05, 3.63) is 45.9 Å². The number of hydrazone groups is 1. The number of benzene rings is 1. The van der Waals surface area contributed by atoms with E-state index in [9.17, 15) is 9.90 Å². The number of aromatic hydroxyl groups is 2. The van der Waals surface area contributed by atoms with E-state index < -0.39 is 0 Å². The van der Waals surface area contributed by atoms with Crippen molar-refractivity contribution in [1.82, 2.24) is 9.97 Å². The Bertz CT molecular complexity index is 679. The lowest BCUT2D eigenvalue weighted by Gasteiger charge is -2.01. The molecule has 0 aliphatic rings. The number of phenolic OH excluding ortho intramolecular Hbond substituents is 2. The van der Waals surface area contributed by atoms with Crippen LogP contribution >= 0.6 is 0 Å². The molecule has 0 atom stereocenters. The van der Waals surface area contributed by atoms with Crippen LogP contribution in [0.1, 0.15) is 11.3 Å².